The van der Waals surface area contributed by atoms with Gasteiger partial charge in [0.05, 0.1) is 0 Å². The van der Waals surface area contributed by atoms with Crippen molar-refractivity contribution < 1.29 is 0 Å². The number of benzene rings is 1. The molecule has 0 radical (unpaired) electrons. The van der Waals surface area contributed by atoms with Gasteiger partial charge in [0.2, 0.25) is 0 Å². The van der Waals surface area contributed by atoms with E-state index >= 15 is 0 Å². The molecule has 0 spiro atoms. The van der Waals surface area contributed by atoms with Crippen molar-refractivity contribution in [2.45, 2.75) is 11.5 Å². The van der Waals surface area contributed by atoms with Crippen molar-refractivity contribution in [1.29, 1.82) is 0 Å². The Morgan fingerprint density at radius 3 is 2.25 bits per heavy atom. The average Bonchev–Trinajstić information content (AvgIpc) is 2.04. The molecule has 1 unspecified atom stereocenters. The molecular formula is C10H14LiN. The summed E-state index contributed by atoms with van der Waals surface area (Å²) >= 11 is 2.22. The Morgan fingerprint density at radius 2 is 1.83 bits per heavy atom. The van der Waals surface area contributed by atoms with Gasteiger partial charge in [0.15, 0.2) is 0 Å². The Hall–Kier alpha value is -0.383. The van der Waals surface area contributed by atoms with Crippen molar-refractivity contribution in [2.24, 2.45) is 0 Å². The summed E-state index contributed by atoms with van der Waals surface area (Å²) < 4.78 is 0.601. The first-order chi connectivity index (χ1) is 5.63. The zero-order valence-corrected chi connectivity index (χ0v) is 8.33. The fraction of sp³-hybridized carbons (Fsp3) is 0.400. The van der Waals surface area contributed by atoms with Crippen LogP contribution in [-0.2, 0) is 0 Å². The molecule has 2 heteroatoms. The van der Waals surface area contributed by atoms with Crippen LogP contribution in [0.1, 0.15) is 17.1 Å². The van der Waals surface area contributed by atoms with E-state index in [1.165, 1.54) is 11.3 Å². The summed E-state index contributed by atoms with van der Waals surface area (Å²) in [5.74, 6) is 0. The van der Waals surface area contributed by atoms with E-state index in [0.29, 0.717) is 4.59 Å². The number of nitrogens with zero attached hydrogens (tertiary/aromatic N) is 1. The van der Waals surface area contributed by atoms with E-state index in [2.05, 4.69) is 67.9 Å². The van der Waals surface area contributed by atoms with Gasteiger partial charge >= 0.3 is 83.7 Å². The summed E-state index contributed by atoms with van der Waals surface area (Å²) in [7, 11) is 4.17. The molecule has 12 heavy (non-hydrogen) atoms. The molecule has 60 valence electrons. The summed E-state index contributed by atoms with van der Waals surface area (Å²) in [5, 5.41) is 0. The van der Waals surface area contributed by atoms with Crippen LogP contribution in [0.4, 0.5) is 5.69 Å². The number of anilines is 1. The van der Waals surface area contributed by atoms with Gasteiger partial charge in [-0.25, -0.2) is 0 Å². The van der Waals surface area contributed by atoms with E-state index in [1.54, 1.807) is 0 Å². The summed E-state index contributed by atoms with van der Waals surface area (Å²) in [6, 6.07) is 8.54. The van der Waals surface area contributed by atoms with Gasteiger partial charge in [0.1, 0.15) is 0 Å². The normalized spacial score (nSPS) is 12.8. The van der Waals surface area contributed by atoms with Gasteiger partial charge < -0.3 is 0 Å². The molecule has 1 atom stereocenters. The third-order valence-corrected chi connectivity index (χ3v) is 2.04. The second-order valence-corrected chi connectivity index (χ2v) is 3.61. The zero-order valence-electron chi connectivity index (χ0n) is 8.33. The number of rotatable bonds is 2. The average molecular weight is 155 g/mol. The van der Waals surface area contributed by atoms with Gasteiger partial charge in [0.25, 0.3) is 0 Å². The van der Waals surface area contributed by atoms with Crippen LogP contribution in [0.2, 0.25) is 0 Å². The molecule has 0 N–H and O–H groups in total. The third kappa shape index (κ3) is 2.06. The topological polar surface area (TPSA) is 3.24 Å². The van der Waals surface area contributed by atoms with Crippen molar-refractivity contribution in [1.82, 2.24) is 0 Å². The molecule has 0 aromatic heterocycles. The SMILES string of the molecule is [Li][CH](C)c1ccccc1N(C)C. The maximum absolute atomic E-state index is 2.22. The fourth-order valence-corrected chi connectivity index (χ4v) is 1.38. The van der Waals surface area contributed by atoms with Crippen LogP contribution in [0, 0.1) is 0 Å². The van der Waals surface area contributed by atoms with Gasteiger partial charge in [-0.15, -0.1) is 0 Å². The Kier molecular flexibility index (Phi) is 3.26. The van der Waals surface area contributed by atoms with Gasteiger partial charge in [-0.3, -0.25) is 0 Å². The molecule has 0 saturated heterocycles. The first-order valence-corrected chi connectivity index (χ1v) is 4.39. The molecule has 0 saturated carbocycles. The number of hydrogen-bond donors (Lipinski definition) is 0. The molecule has 1 aromatic rings. The quantitative estimate of drug-likeness (QED) is 0.590. The predicted octanol–water partition coefficient (Wildman–Crippen LogP) is 1.98. The van der Waals surface area contributed by atoms with E-state index in [9.17, 15) is 0 Å². The van der Waals surface area contributed by atoms with Gasteiger partial charge in [-0.2, -0.15) is 0 Å². The minimum atomic E-state index is 0.601. The van der Waals surface area contributed by atoms with E-state index in [4.69, 9.17) is 0 Å². The molecule has 0 fully saturated rings. The summed E-state index contributed by atoms with van der Waals surface area (Å²) in [6.07, 6.45) is 0. The van der Waals surface area contributed by atoms with Crippen molar-refractivity contribution >= 4 is 23.4 Å². The second kappa shape index (κ2) is 4.03. The van der Waals surface area contributed by atoms with Crippen molar-refractivity contribution in [3.05, 3.63) is 29.8 Å². The summed E-state index contributed by atoms with van der Waals surface area (Å²) in [5.41, 5.74) is 2.75. The predicted molar refractivity (Wildman–Crippen MR) is 54.9 cm³/mol. The molecule has 0 amide bonds. The minimum absolute atomic E-state index is 0.601. The van der Waals surface area contributed by atoms with E-state index < -0.39 is 0 Å². The second-order valence-electron chi connectivity index (χ2n) is 3.61. The Balaban J connectivity index is 3.09. The zero-order chi connectivity index (χ0) is 9.14. The molecule has 0 aliphatic rings. The molecule has 1 nitrogen and oxygen atoms in total. The number of para-hydroxylation sites is 1. The first-order valence-electron chi connectivity index (χ1n) is 4.39. The van der Waals surface area contributed by atoms with Crippen molar-refractivity contribution in [2.75, 3.05) is 19.0 Å². The van der Waals surface area contributed by atoms with Crippen LogP contribution < -0.4 is 4.90 Å². The van der Waals surface area contributed by atoms with Crippen LogP contribution in [-0.4, -0.2) is 31.8 Å². The molecule has 1 aromatic carbocycles. The van der Waals surface area contributed by atoms with E-state index in [-0.39, 0.29) is 0 Å². The summed E-state index contributed by atoms with van der Waals surface area (Å²) in [6.45, 7) is 2.22. The standard InChI is InChI=1S/C10H14N.Li/c1-4-9-7-5-6-8-10(9)11(2)3;/h4-8H,1-3H3;. The fourth-order valence-electron chi connectivity index (χ4n) is 1.38. The third-order valence-electron chi connectivity index (χ3n) is 2.04. The van der Waals surface area contributed by atoms with E-state index in [1.807, 2.05) is 0 Å². The molecule has 0 aliphatic carbocycles. The molecule has 0 bridgehead atoms. The van der Waals surface area contributed by atoms with Crippen LogP contribution in [0.25, 0.3) is 0 Å². The Labute approximate surface area is 84.0 Å². The summed E-state index contributed by atoms with van der Waals surface area (Å²) in [4.78, 5) is 2.16. The number of hydrogen-bond acceptors (Lipinski definition) is 1. The van der Waals surface area contributed by atoms with Crippen LogP contribution in [0.3, 0.4) is 0 Å². The molecule has 0 heterocycles. The first kappa shape index (κ1) is 9.70. The molecule has 1 rings (SSSR count). The maximum atomic E-state index is 2.22. The van der Waals surface area contributed by atoms with Gasteiger partial charge in [0, 0.05) is 0 Å². The van der Waals surface area contributed by atoms with Crippen LogP contribution >= 0.6 is 0 Å². The molecule has 0 aliphatic heterocycles. The van der Waals surface area contributed by atoms with Gasteiger partial charge in [-0.1, -0.05) is 0 Å². The van der Waals surface area contributed by atoms with Crippen molar-refractivity contribution in [3.63, 3.8) is 0 Å². The van der Waals surface area contributed by atoms with Crippen LogP contribution in [0.15, 0.2) is 24.3 Å². The van der Waals surface area contributed by atoms with Crippen LogP contribution in [0.5, 0.6) is 0 Å². The van der Waals surface area contributed by atoms with E-state index in [0.717, 1.165) is 0 Å². The van der Waals surface area contributed by atoms with Gasteiger partial charge in [-0.05, 0) is 0 Å². The monoisotopic (exact) mass is 155 g/mol. The Morgan fingerprint density at radius 1 is 1.25 bits per heavy atom. The molecular weight excluding hydrogens is 141 g/mol. The Bertz CT molecular complexity index is 229. The van der Waals surface area contributed by atoms with Crippen molar-refractivity contribution in [3.8, 4) is 0 Å².